The van der Waals surface area contributed by atoms with Crippen molar-refractivity contribution in [3.8, 4) is 5.75 Å². The molecule has 20 heavy (non-hydrogen) atoms. The fourth-order valence-corrected chi connectivity index (χ4v) is 1.95. The number of hydrogen-bond acceptors (Lipinski definition) is 4. The van der Waals surface area contributed by atoms with Gasteiger partial charge in [-0.2, -0.15) is 0 Å². The van der Waals surface area contributed by atoms with E-state index >= 15 is 0 Å². The number of carboxylic acids is 1. The number of carbonyl (C=O) groups is 2. The molecule has 2 aromatic rings. The number of aromatic carboxylic acids is 1. The monoisotopic (exact) mass is 273 g/mol. The van der Waals surface area contributed by atoms with Gasteiger partial charge in [0.25, 0.3) is 0 Å². The molecule has 0 saturated heterocycles. The lowest BCUT2D eigenvalue weighted by Crippen LogP contribution is -2.09. The van der Waals surface area contributed by atoms with Crippen LogP contribution in [0.2, 0.25) is 0 Å². The first-order valence-corrected chi connectivity index (χ1v) is 6.05. The van der Waals surface area contributed by atoms with Crippen LogP contribution in [0, 0.1) is 0 Å². The fourth-order valence-electron chi connectivity index (χ4n) is 1.95. The highest BCUT2D eigenvalue weighted by Crippen LogP contribution is 2.31. The first kappa shape index (κ1) is 13.9. The second-order valence-corrected chi connectivity index (χ2v) is 4.67. The highest BCUT2D eigenvalue weighted by molar-refractivity contribution is 5.99. The van der Waals surface area contributed by atoms with Gasteiger partial charge < -0.3 is 14.7 Å². The van der Waals surface area contributed by atoms with Crippen molar-refractivity contribution < 1.29 is 19.4 Å². The van der Waals surface area contributed by atoms with E-state index < -0.39 is 11.9 Å². The maximum Gasteiger partial charge on any atom is 0.335 e. The molecule has 0 aliphatic heterocycles. The van der Waals surface area contributed by atoms with Crippen molar-refractivity contribution in [2.45, 2.75) is 6.92 Å². The van der Waals surface area contributed by atoms with Crippen LogP contribution in [-0.2, 0) is 4.79 Å². The number of benzene rings is 2. The number of ether oxygens (including phenoxy) is 1. The predicted molar refractivity (Wildman–Crippen MR) is 76.5 cm³/mol. The Morgan fingerprint density at radius 1 is 1.15 bits per heavy atom. The molecule has 5 heteroatoms. The van der Waals surface area contributed by atoms with Gasteiger partial charge in [-0.3, -0.25) is 4.79 Å². The van der Waals surface area contributed by atoms with Gasteiger partial charge >= 0.3 is 11.9 Å². The molecule has 0 unspecified atom stereocenters. The summed E-state index contributed by atoms with van der Waals surface area (Å²) in [6.07, 6.45) is 0. The maximum atomic E-state index is 11.2. The molecule has 0 aromatic heterocycles. The molecule has 0 atom stereocenters. The Morgan fingerprint density at radius 3 is 2.40 bits per heavy atom. The van der Waals surface area contributed by atoms with Crippen molar-refractivity contribution >= 4 is 28.4 Å². The Hall–Kier alpha value is -2.56. The lowest BCUT2D eigenvalue weighted by molar-refractivity contribution is -0.131. The van der Waals surface area contributed by atoms with E-state index in [1.807, 2.05) is 37.2 Å². The summed E-state index contributed by atoms with van der Waals surface area (Å²) in [6.45, 7) is 1.29. The van der Waals surface area contributed by atoms with Crippen LogP contribution in [-0.4, -0.2) is 31.1 Å². The summed E-state index contributed by atoms with van der Waals surface area (Å²) in [5.74, 6) is -1.28. The summed E-state index contributed by atoms with van der Waals surface area (Å²) in [5, 5.41) is 10.5. The van der Waals surface area contributed by atoms with Crippen LogP contribution >= 0.6 is 0 Å². The smallest absolute Gasteiger partial charge is 0.335 e. The topological polar surface area (TPSA) is 66.8 Å². The molecule has 0 radical (unpaired) electrons. The third kappa shape index (κ3) is 2.71. The lowest BCUT2D eigenvalue weighted by Gasteiger charge is -2.15. The number of hydrogen-bond donors (Lipinski definition) is 1. The summed E-state index contributed by atoms with van der Waals surface area (Å²) in [5.41, 5.74) is 1.03. The zero-order valence-corrected chi connectivity index (χ0v) is 11.5. The molecule has 2 rings (SSSR count). The normalized spacial score (nSPS) is 10.3. The van der Waals surface area contributed by atoms with Crippen molar-refractivity contribution in [3.05, 3.63) is 35.9 Å². The first-order valence-electron chi connectivity index (χ1n) is 6.05. The molecule has 2 aromatic carbocycles. The molecule has 0 fully saturated rings. The molecule has 0 aliphatic rings. The van der Waals surface area contributed by atoms with Crippen LogP contribution in [0.5, 0.6) is 5.75 Å². The summed E-state index contributed by atoms with van der Waals surface area (Å²) in [4.78, 5) is 24.2. The van der Waals surface area contributed by atoms with Crippen molar-refractivity contribution in [1.29, 1.82) is 0 Å². The maximum absolute atomic E-state index is 11.2. The highest BCUT2D eigenvalue weighted by atomic mass is 16.5. The van der Waals surface area contributed by atoms with E-state index in [0.29, 0.717) is 10.8 Å². The SMILES string of the molecule is CC(=O)Oc1cc(C(=O)O)cc2ccc(N(C)C)cc12. The van der Waals surface area contributed by atoms with Gasteiger partial charge in [0.2, 0.25) is 0 Å². The van der Waals surface area contributed by atoms with Gasteiger partial charge in [0.15, 0.2) is 0 Å². The minimum absolute atomic E-state index is 0.0892. The van der Waals surface area contributed by atoms with Gasteiger partial charge in [0.05, 0.1) is 5.56 Å². The zero-order chi connectivity index (χ0) is 14.9. The lowest BCUT2D eigenvalue weighted by atomic mass is 10.0. The van der Waals surface area contributed by atoms with E-state index in [-0.39, 0.29) is 11.3 Å². The van der Waals surface area contributed by atoms with Crippen LogP contribution in [0.4, 0.5) is 5.69 Å². The fraction of sp³-hybridized carbons (Fsp3) is 0.200. The zero-order valence-electron chi connectivity index (χ0n) is 11.5. The average Bonchev–Trinajstić information content (AvgIpc) is 2.37. The molecule has 0 aliphatic carbocycles. The second-order valence-electron chi connectivity index (χ2n) is 4.67. The summed E-state index contributed by atoms with van der Waals surface area (Å²) in [6, 6.07) is 8.48. The third-order valence-corrected chi connectivity index (χ3v) is 2.92. The molecule has 1 N–H and O–H groups in total. The first-order chi connectivity index (χ1) is 9.38. The van der Waals surface area contributed by atoms with Gasteiger partial charge in [0, 0.05) is 32.1 Å². The second kappa shape index (κ2) is 5.21. The van der Waals surface area contributed by atoms with Crippen molar-refractivity contribution in [2.24, 2.45) is 0 Å². The number of carboxylic acid groups (broad SMARTS) is 1. The van der Waals surface area contributed by atoms with E-state index in [0.717, 1.165) is 5.69 Å². The van der Waals surface area contributed by atoms with E-state index in [1.165, 1.54) is 13.0 Å². The molecule has 0 amide bonds. The quantitative estimate of drug-likeness (QED) is 0.687. The Kier molecular flexibility index (Phi) is 3.61. The average molecular weight is 273 g/mol. The number of fused-ring (bicyclic) bond motifs is 1. The van der Waals surface area contributed by atoms with Gasteiger partial charge in [-0.25, -0.2) is 4.79 Å². The van der Waals surface area contributed by atoms with E-state index in [4.69, 9.17) is 9.84 Å². The van der Waals surface area contributed by atoms with E-state index in [2.05, 4.69) is 0 Å². The molecular weight excluding hydrogens is 258 g/mol. The Morgan fingerprint density at radius 2 is 1.85 bits per heavy atom. The largest absolute Gasteiger partial charge is 0.478 e. The number of esters is 1. The molecular formula is C15H15NO4. The van der Waals surface area contributed by atoms with Crippen LogP contribution in [0.1, 0.15) is 17.3 Å². The van der Waals surface area contributed by atoms with Crippen LogP contribution < -0.4 is 9.64 Å². The summed E-state index contributed by atoms with van der Waals surface area (Å²) >= 11 is 0. The molecule has 0 spiro atoms. The van der Waals surface area contributed by atoms with Crippen molar-refractivity contribution in [1.82, 2.24) is 0 Å². The number of anilines is 1. The molecule has 104 valence electrons. The van der Waals surface area contributed by atoms with Crippen LogP contribution in [0.3, 0.4) is 0 Å². The van der Waals surface area contributed by atoms with E-state index in [1.54, 1.807) is 6.07 Å². The summed E-state index contributed by atoms with van der Waals surface area (Å²) < 4.78 is 5.13. The van der Waals surface area contributed by atoms with Gasteiger partial charge in [-0.15, -0.1) is 0 Å². The highest BCUT2D eigenvalue weighted by Gasteiger charge is 2.12. The molecule has 5 nitrogen and oxygen atoms in total. The molecule has 0 bridgehead atoms. The van der Waals surface area contributed by atoms with E-state index in [9.17, 15) is 9.59 Å². The van der Waals surface area contributed by atoms with Crippen LogP contribution in [0.25, 0.3) is 10.8 Å². The van der Waals surface area contributed by atoms with Gasteiger partial charge in [-0.05, 0) is 29.7 Å². The number of rotatable bonds is 3. The summed E-state index contributed by atoms with van der Waals surface area (Å²) in [7, 11) is 3.80. The molecule has 0 heterocycles. The Labute approximate surface area is 116 Å². The predicted octanol–water partition coefficient (Wildman–Crippen LogP) is 2.53. The van der Waals surface area contributed by atoms with Crippen molar-refractivity contribution in [2.75, 3.05) is 19.0 Å². The minimum Gasteiger partial charge on any atom is -0.478 e. The Bertz CT molecular complexity index is 692. The number of nitrogens with zero attached hydrogens (tertiary/aromatic N) is 1. The standard InChI is InChI=1S/C15H15NO4/c1-9(17)20-14-7-11(15(18)19)6-10-4-5-12(16(2)3)8-13(10)14/h4-8H,1-3H3,(H,18,19). The van der Waals surface area contributed by atoms with Gasteiger partial charge in [0.1, 0.15) is 5.75 Å². The number of carbonyl (C=O) groups excluding carboxylic acids is 1. The van der Waals surface area contributed by atoms with Crippen molar-refractivity contribution in [3.63, 3.8) is 0 Å². The van der Waals surface area contributed by atoms with Gasteiger partial charge in [-0.1, -0.05) is 6.07 Å². The third-order valence-electron chi connectivity index (χ3n) is 2.92. The Balaban J connectivity index is 2.70. The van der Waals surface area contributed by atoms with Crippen LogP contribution in [0.15, 0.2) is 30.3 Å². The minimum atomic E-state index is -1.06. The molecule has 0 saturated carbocycles.